The van der Waals surface area contributed by atoms with Gasteiger partial charge in [0.05, 0.1) is 12.3 Å². The first kappa shape index (κ1) is 17.0. The molecule has 0 aliphatic heterocycles. The van der Waals surface area contributed by atoms with Crippen molar-refractivity contribution in [3.63, 3.8) is 0 Å². The number of hydrogen-bond acceptors (Lipinski definition) is 3. The monoisotopic (exact) mass is 292 g/mol. The second-order valence-electron chi connectivity index (χ2n) is 5.19. The Morgan fingerprint density at radius 2 is 1.90 bits per heavy atom. The molecule has 0 saturated heterocycles. The number of amides is 2. The molecule has 0 bridgehead atoms. The summed E-state index contributed by atoms with van der Waals surface area (Å²) < 4.78 is 5.42. The van der Waals surface area contributed by atoms with E-state index < -0.39 is 0 Å². The van der Waals surface area contributed by atoms with Crippen LogP contribution in [0.25, 0.3) is 0 Å². The van der Waals surface area contributed by atoms with Crippen molar-refractivity contribution >= 4 is 17.5 Å². The SMILES string of the molecule is CCOc1ccccc1NC(=O)CC(=O)NCCC(C)C. The van der Waals surface area contributed by atoms with Crippen LogP contribution in [-0.2, 0) is 9.59 Å². The predicted octanol–water partition coefficient (Wildman–Crippen LogP) is 2.58. The maximum Gasteiger partial charge on any atom is 0.233 e. The van der Waals surface area contributed by atoms with Gasteiger partial charge in [-0.2, -0.15) is 0 Å². The highest BCUT2D eigenvalue weighted by atomic mass is 16.5. The molecule has 0 fully saturated rings. The molecular weight excluding hydrogens is 268 g/mol. The maximum atomic E-state index is 11.8. The van der Waals surface area contributed by atoms with E-state index in [1.54, 1.807) is 18.2 Å². The molecule has 0 saturated carbocycles. The van der Waals surface area contributed by atoms with Crippen molar-refractivity contribution in [1.82, 2.24) is 5.32 Å². The number of carbonyl (C=O) groups excluding carboxylic acids is 2. The molecule has 0 aliphatic rings. The molecule has 21 heavy (non-hydrogen) atoms. The molecule has 1 aromatic rings. The van der Waals surface area contributed by atoms with Gasteiger partial charge >= 0.3 is 0 Å². The van der Waals surface area contributed by atoms with E-state index in [0.717, 1.165) is 6.42 Å². The van der Waals surface area contributed by atoms with Crippen molar-refractivity contribution in [2.24, 2.45) is 5.92 Å². The number of ether oxygens (including phenoxy) is 1. The predicted molar refractivity (Wildman–Crippen MR) is 83.3 cm³/mol. The second kappa shape index (κ2) is 9.00. The minimum atomic E-state index is -0.343. The lowest BCUT2D eigenvalue weighted by molar-refractivity contribution is -0.126. The zero-order valence-corrected chi connectivity index (χ0v) is 12.9. The summed E-state index contributed by atoms with van der Waals surface area (Å²) in [5.74, 6) is 0.525. The lowest BCUT2D eigenvalue weighted by Crippen LogP contribution is -2.29. The molecular formula is C16H24N2O3. The molecule has 0 aromatic heterocycles. The summed E-state index contributed by atoms with van der Waals surface area (Å²) in [5.41, 5.74) is 0.583. The molecule has 0 spiro atoms. The van der Waals surface area contributed by atoms with Crippen LogP contribution in [0.2, 0.25) is 0 Å². The lowest BCUT2D eigenvalue weighted by atomic mass is 10.1. The third kappa shape index (κ3) is 6.79. The van der Waals surface area contributed by atoms with Crippen LogP contribution in [0.3, 0.4) is 0 Å². The van der Waals surface area contributed by atoms with Crippen molar-refractivity contribution in [3.8, 4) is 5.75 Å². The Morgan fingerprint density at radius 3 is 2.57 bits per heavy atom. The zero-order valence-electron chi connectivity index (χ0n) is 12.9. The average molecular weight is 292 g/mol. The Hall–Kier alpha value is -2.04. The highest BCUT2D eigenvalue weighted by Crippen LogP contribution is 2.23. The van der Waals surface area contributed by atoms with Crippen LogP contribution < -0.4 is 15.4 Å². The van der Waals surface area contributed by atoms with E-state index >= 15 is 0 Å². The van der Waals surface area contributed by atoms with E-state index in [2.05, 4.69) is 24.5 Å². The van der Waals surface area contributed by atoms with Crippen LogP contribution in [-0.4, -0.2) is 25.0 Å². The molecule has 0 aliphatic carbocycles. The molecule has 0 atom stereocenters. The summed E-state index contributed by atoms with van der Waals surface area (Å²) >= 11 is 0. The standard InChI is InChI=1S/C16H24N2O3/c1-4-21-14-8-6-5-7-13(14)18-16(20)11-15(19)17-10-9-12(2)3/h5-8,12H,4,9-11H2,1-3H3,(H,17,19)(H,18,20). The number of nitrogens with one attached hydrogen (secondary N) is 2. The topological polar surface area (TPSA) is 67.4 Å². The number of anilines is 1. The van der Waals surface area contributed by atoms with Gasteiger partial charge in [-0.05, 0) is 31.4 Å². The first-order valence-electron chi connectivity index (χ1n) is 7.31. The van der Waals surface area contributed by atoms with Crippen molar-refractivity contribution in [2.75, 3.05) is 18.5 Å². The number of benzene rings is 1. The molecule has 116 valence electrons. The minimum Gasteiger partial charge on any atom is -0.492 e. The van der Waals surface area contributed by atoms with Gasteiger partial charge in [0.15, 0.2) is 0 Å². The Balaban J connectivity index is 2.44. The maximum absolute atomic E-state index is 11.8. The van der Waals surface area contributed by atoms with Gasteiger partial charge in [-0.1, -0.05) is 26.0 Å². The van der Waals surface area contributed by atoms with Gasteiger partial charge in [0, 0.05) is 6.54 Å². The third-order valence-corrected chi connectivity index (χ3v) is 2.83. The summed E-state index contributed by atoms with van der Waals surface area (Å²) in [6.45, 7) is 7.16. The second-order valence-corrected chi connectivity index (χ2v) is 5.19. The van der Waals surface area contributed by atoms with Gasteiger partial charge < -0.3 is 15.4 Å². The molecule has 5 heteroatoms. The van der Waals surface area contributed by atoms with Crippen LogP contribution in [0.15, 0.2) is 24.3 Å². The molecule has 2 N–H and O–H groups in total. The molecule has 5 nitrogen and oxygen atoms in total. The van der Waals surface area contributed by atoms with Gasteiger partial charge in [-0.3, -0.25) is 9.59 Å². The summed E-state index contributed by atoms with van der Waals surface area (Å²) in [4.78, 5) is 23.5. The smallest absolute Gasteiger partial charge is 0.233 e. The Kier molecular flexibility index (Phi) is 7.29. The molecule has 2 amide bonds. The first-order valence-corrected chi connectivity index (χ1v) is 7.31. The zero-order chi connectivity index (χ0) is 15.7. The fourth-order valence-electron chi connectivity index (χ4n) is 1.75. The van der Waals surface area contributed by atoms with Crippen molar-refractivity contribution in [2.45, 2.75) is 33.6 Å². The van der Waals surface area contributed by atoms with Gasteiger partial charge in [0.2, 0.25) is 11.8 Å². The lowest BCUT2D eigenvalue weighted by Gasteiger charge is -2.11. The summed E-state index contributed by atoms with van der Waals surface area (Å²) in [6.07, 6.45) is 0.721. The van der Waals surface area contributed by atoms with Gasteiger partial charge in [0.1, 0.15) is 12.2 Å². The van der Waals surface area contributed by atoms with Gasteiger partial charge in [-0.25, -0.2) is 0 Å². The minimum absolute atomic E-state index is 0.182. The van der Waals surface area contributed by atoms with Crippen LogP contribution in [0.5, 0.6) is 5.75 Å². The summed E-state index contributed by atoms with van der Waals surface area (Å²) in [6, 6.07) is 7.17. The number of hydrogen-bond donors (Lipinski definition) is 2. The van der Waals surface area contributed by atoms with E-state index in [1.807, 2.05) is 13.0 Å². The highest BCUT2D eigenvalue weighted by molar-refractivity contribution is 6.04. The van der Waals surface area contributed by atoms with E-state index in [0.29, 0.717) is 30.5 Å². The van der Waals surface area contributed by atoms with Crippen molar-refractivity contribution in [3.05, 3.63) is 24.3 Å². The fourth-order valence-corrected chi connectivity index (χ4v) is 1.75. The molecule has 1 aromatic carbocycles. The molecule has 1 rings (SSSR count). The number of para-hydroxylation sites is 2. The van der Waals surface area contributed by atoms with E-state index in [4.69, 9.17) is 4.74 Å². The summed E-state index contributed by atoms with van der Waals surface area (Å²) in [7, 11) is 0. The third-order valence-electron chi connectivity index (χ3n) is 2.83. The number of carbonyl (C=O) groups is 2. The Labute approximate surface area is 126 Å². The molecule has 0 unspecified atom stereocenters. The van der Waals surface area contributed by atoms with Crippen LogP contribution in [0.4, 0.5) is 5.69 Å². The number of rotatable bonds is 8. The van der Waals surface area contributed by atoms with Crippen LogP contribution in [0.1, 0.15) is 33.6 Å². The van der Waals surface area contributed by atoms with Gasteiger partial charge in [0.25, 0.3) is 0 Å². The molecule has 0 radical (unpaired) electrons. The average Bonchev–Trinajstić information content (AvgIpc) is 2.40. The Morgan fingerprint density at radius 1 is 1.19 bits per heavy atom. The van der Waals surface area contributed by atoms with E-state index in [1.165, 1.54) is 0 Å². The van der Waals surface area contributed by atoms with E-state index in [-0.39, 0.29) is 18.2 Å². The highest BCUT2D eigenvalue weighted by Gasteiger charge is 2.11. The van der Waals surface area contributed by atoms with Crippen molar-refractivity contribution < 1.29 is 14.3 Å². The van der Waals surface area contributed by atoms with Crippen LogP contribution in [0, 0.1) is 5.92 Å². The quantitative estimate of drug-likeness (QED) is 0.724. The first-order chi connectivity index (χ1) is 10.0. The van der Waals surface area contributed by atoms with Gasteiger partial charge in [-0.15, -0.1) is 0 Å². The normalized spacial score (nSPS) is 10.3. The Bertz CT molecular complexity index is 472. The van der Waals surface area contributed by atoms with E-state index in [9.17, 15) is 9.59 Å². The largest absolute Gasteiger partial charge is 0.492 e. The van der Waals surface area contributed by atoms with Crippen LogP contribution >= 0.6 is 0 Å². The summed E-state index contributed by atoms with van der Waals surface area (Å²) in [5, 5.41) is 5.44. The fraction of sp³-hybridized carbons (Fsp3) is 0.500. The van der Waals surface area contributed by atoms with Crippen molar-refractivity contribution in [1.29, 1.82) is 0 Å². The molecule has 0 heterocycles.